The lowest BCUT2D eigenvalue weighted by Crippen LogP contribution is -2.50. The van der Waals surface area contributed by atoms with E-state index in [1.807, 2.05) is 29.2 Å². The molecule has 2 aromatic rings. The van der Waals surface area contributed by atoms with E-state index in [0.717, 1.165) is 24.8 Å². The van der Waals surface area contributed by atoms with E-state index >= 15 is 0 Å². The van der Waals surface area contributed by atoms with Crippen LogP contribution in [-0.2, 0) is 0 Å². The first-order chi connectivity index (χ1) is 13.6. The van der Waals surface area contributed by atoms with E-state index < -0.39 is 11.6 Å². The highest BCUT2D eigenvalue weighted by Crippen LogP contribution is 2.23. The second-order valence-corrected chi connectivity index (χ2v) is 7.24. The van der Waals surface area contributed by atoms with Crippen LogP contribution in [0.1, 0.15) is 12.8 Å². The third-order valence-electron chi connectivity index (χ3n) is 5.43. The molecule has 7 heteroatoms. The maximum atomic E-state index is 13.4. The Kier molecular flexibility index (Phi) is 5.32. The molecule has 2 aliphatic heterocycles. The van der Waals surface area contributed by atoms with Gasteiger partial charge >= 0.3 is 6.03 Å². The molecular weight excluding hydrogens is 362 g/mol. The first-order valence-corrected chi connectivity index (χ1v) is 9.71. The van der Waals surface area contributed by atoms with E-state index in [0.29, 0.717) is 31.9 Å². The summed E-state index contributed by atoms with van der Waals surface area (Å²) in [4.78, 5) is 18.6. The van der Waals surface area contributed by atoms with Crippen molar-refractivity contribution in [2.75, 3.05) is 54.4 Å². The third-order valence-corrected chi connectivity index (χ3v) is 5.43. The number of hydrogen-bond acceptors (Lipinski definition) is 3. The van der Waals surface area contributed by atoms with Crippen LogP contribution in [0.5, 0.6) is 0 Å². The smallest absolute Gasteiger partial charge is 0.321 e. The van der Waals surface area contributed by atoms with Crippen LogP contribution < -0.4 is 15.1 Å². The molecule has 0 unspecified atom stereocenters. The molecule has 1 N–H and O–H groups in total. The third kappa shape index (κ3) is 4.03. The zero-order chi connectivity index (χ0) is 19.5. The fourth-order valence-corrected chi connectivity index (χ4v) is 3.78. The number of urea groups is 1. The summed E-state index contributed by atoms with van der Waals surface area (Å²) in [5.41, 5.74) is 2.60. The van der Waals surface area contributed by atoms with Crippen molar-refractivity contribution >= 4 is 23.1 Å². The summed E-state index contributed by atoms with van der Waals surface area (Å²) >= 11 is 0. The second kappa shape index (κ2) is 8.04. The molecule has 0 bridgehead atoms. The number of anilines is 3. The van der Waals surface area contributed by atoms with Gasteiger partial charge in [-0.3, -0.25) is 0 Å². The summed E-state index contributed by atoms with van der Waals surface area (Å²) in [6.07, 6.45) is 2.46. The van der Waals surface area contributed by atoms with Gasteiger partial charge in [-0.15, -0.1) is 0 Å². The molecule has 4 rings (SSSR count). The molecule has 0 aliphatic carbocycles. The zero-order valence-electron chi connectivity index (χ0n) is 15.7. The van der Waals surface area contributed by atoms with Crippen molar-refractivity contribution in [1.29, 1.82) is 0 Å². The van der Waals surface area contributed by atoms with Crippen LogP contribution in [0.25, 0.3) is 0 Å². The number of carbonyl (C=O) groups excluding carboxylic acids is 1. The number of rotatable bonds is 3. The van der Waals surface area contributed by atoms with E-state index in [4.69, 9.17) is 0 Å². The van der Waals surface area contributed by atoms with Crippen molar-refractivity contribution < 1.29 is 13.6 Å². The quantitative estimate of drug-likeness (QED) is 0.869. The molecule has 0 atom stereocenters. The van der Waals surface area contributed by atoms with Gasteiger partial charge in [0, 0.05) is 62.4 Å². The molecule has 0 spiro atoms. The molecule has 2 heterocycles. The maximum Gasteiger partial charge on any atom is 0.321 e. The molecular formula is C21H24F2N4O. The summed E-state index contributed by atoms with van der Waals surface area (Å²) in [5.74, 6) is -1.70. The number of carbonyl (C=O) groups is 1. The monoisotopic (exact) mass is 386 g/mol. The minimum Gasteiger partial charge on any atom is -0.372 e. The van der Waals surface area contributed by atoms with Gasteiger partial charge < -0.3 is 20.0 Å². The van der Waals surface area contributed by atoms with Gasteiger partial charge in [0.25, 0.3) is 0 Å². The zero-order valence-corrected chi connectivity index (χ0v) is 15.7. The number of piperazine rings is 1. The maximum absolute atomic E-state index is 13.4. The predicted octanol–water partition coefficient (Wildman–Crippen LogP) is 3.92. The van der Waals surface area contributed by atoms with Gasteiger partial charge in [0.2, 0.25) is 0 Å². The van der Waals surface area contributed by atoms with E-state index in [9.17, 15) is 13.6 Å². The van der Waals surface area contributed by atoms with Crippen molar-refractivity contribution in [3.05, 3.63) is 54.1 Å². The van der Waals surface area contributed by atoms with Crippen molar-refractivity contribution in [3.63, 3.8) is 0 Å². The minimum atomic E-state index is -0.852. The Morgan fingerprint density at radius 1 is 0.750 bits per heavy atom. The minimum absolute atomic E-state index is 0.140. The number of nitrogens with zero attached hydrogens (tertiary/aromatic N) is 3. The number of halogens is 2. The Balaban J connectivity index is 1.30. The van der Waals surface area contributed by atoms with Crippen LogP contribution in [0, 0.1) is 11.6 Å². The van der Waals surface area contributed by atoms with Gasteiger partial charge in [-0.05, 0) is 49.2 Å². The highest BCUT2D eigenvalue weighted by atomic mass is 19.2. The van der Waals surface area contributed by atoms with Gasteiger partial charge in [-0.25, -0.2) is 13.6 Å². The van der Waals surface area contributed by atoms with E-state index in [-0.39, 0.29) is 6.03 Å². The van der Waals surface area contributed by atoms with Gasteiger partial charge in [-0.1, -0.05) is 0 Å². The van der Waals surface area contributed by atoms with Gasteiger partial charge in [0.05, 0.1) is 0 Å². The summed E-state index contributed by atoms with van der Waals surface area (Å²) in [5, 5.41) is 2.94. The highest BCUT2D eigenvalue weighted by Gasteiger charge is 2.22. The number of amides is 2. The molecule has 0 saturated carbocycles. The van der Waals surface area contributed by atoms with Crippen LogP contribution in [0.3, 0.4) is 0 Å². The van der Waals surface area contributed by atoms with Gasteiger partial charge in [0.15, 0.2) is 11.6 Å². The van der Waals surface area contributed by atoms with Crippen molar-refractivity contribution in [1.82, 2.24) is 4.90 Å². The van der Waals surface area contributed by atoms with Crippen LogP contribution in [0.4, 0.5) is 30.6 Å². The number of nitrogens with one attached hydrogen (secondary N) is 1. The fourth-order valence-electron chi connectivity index (χ4n) is 3.78. The summed E-state index contributed by atoms with van der Waals surface area (Å²) < 4.78 is 26.5. The molecule has 2 aliphatic rings. The SMILES string of the molecule is O=C(Nc1ccc(N2CCCC2)cc1)N1CCN(c2ccc(F)c(F)c2)CC1. The summed E-state index contributed by atoms with van der Waals surface area (Å²) in [6, 6.07) is 11.7. The molecule has 0 aromatic heterocycles. The van der Waals surface area contributed by atoms with E-state index in [1.54, 1.807) is 11.0 Å². The van der Waals surface area contributed by atoms with Crippen LogP contribution in [0.15, 0.2) is 42.5 Å². The van der Waals surface area contributed by atoms with Crippen LogP contribution in [0.2, 0.25) is 0 Å². The molecule has 28 heavy (non-hydrogen) atoms. The Morgan fingerprint density at radius 3 is 2.00 bits per heavy atom. The lowest BCUT2D eigenvalue weighted by Gasteiger charge is -2.36. The fraction of sp³-hybridized carbons (Fsp3) is 0.381. The Morgan fingerprint density at radius 2 is 1.36 bits per heavy atom. The lowest BCUT2D eigenvalue weighted by molar-refractivity contribution is 0.208. The summed E-state index contributed by atoms with van der Waals surface area (Å²) in [7, 11) is 0. The van der Waals surface area contributed by atoms with Gasteiger partial charge in [-0.2, -0.15) is 0 Å². The average molecular weight is 386 g/mol. The molecule has 2 amide bonds. The topological polar surface area (TPSA) is 38.8 Å². The Hall–Kier alpha value is -2.83. The largest absolute Gasteiger partial charge is 0.372 e. The first-order valence-electron chi connectivity index (χ1n) is 9.71. The van der Waals surface area contributed by atoms with Gasteiger partial charge in [0.1, 0.15) is 0 Å². The lowest BCUT2D eigenvalue weighted by atomic mass is 10.2. The molecule has 5 nitrogen and oxygen atoms in total. The molecule has 148 valence electrons. The summed E-state index contributed by atoms with van der Waals surface area (Å²) in [6.45, 7) is 4.38. The van der Waals surface area contributed by atoms with Crippen LogP contribution >= 0.6 is 0 Å². The number of hydrogen-bond donors (Lipinski definition) is 1. The van der Waals surface area contributed by atoms with E-state index in [1.165, 1.54) is 24.6 Å². The standard InChI is InChI=1S/C21H24F2N4O/c22-19-8-7-18(15-20(19)23)26-11-13-27(14-12-26)21(28)24-16-3-5-17(6-4-16)25-9-1-2-10-25/h3-8,15H,1-2,9-14H2,(H,24,28). The van der Waals surface area contributed by atoms with Crippen molar-refractivity contribution in [2.24, 2.45) is 0 Å². The normalized spacial score (nSPS) is 17.1. The molecule has 2 fully saturated rings. The Bertz CT molecular complexity index is 829. The van der Waals surface area contributed by atoms with Crippen LogP contribution in [-0.4, -0.2) is 50.2 Å². The average Bonchev–Trinajstić information content (AvgIpc) is 3.26. The molecule has 0 radical (unpaired) electrons. The number of benzene rings is 2. The van der Waals surface area contributed by atoms with Crippen molar-refractivity contribution in [2.45, 2.75) is 12.8 Å². The van der Waals surface area contributed by atoms with E-state index in [2.05, 4.69) is 10.2 Å². The molecule has 2 saturated heterocycles. The highest BCUT2D eigenvalue weighted by molar-refractivity contribution is 5.89. The molecule has 2 aromatic carbocycles. The first kappa shape index (κ1) is 18.5. The van der Waals surface area contributed by atoms with Crippen molar-refractivity contribution in [3.8, 4) is 0 Å². The second-order valence-electron chi connectivity index (χ2n) is 7.24. The Labute approximate surface area is 163 Å². The predicted molar refractivity (Wildman–Crippen MR) is 107 cm³/mol.